The van der Waals surface area contributed by atoms with Crippen molar-refractivity contribution in [2.24, 2.45) is 5.84 Å². The second-order valence-corrected chi connectivity index (χ2v) is 4.71. The van der Waals surface area contributed by atoms with Crippen LogP contribution in [0.1, 0.15) is 11.1 Å². The number of anilines is 1. The number of hydrogen-bond acceptors (Lipinski definition) is 2. The molecule has 3 heteroatoms. The molecule has 0 saturated heterocycles. The van der Waals surface area contributed by atoms with E-state index in [1.165, 1.54) is 5.56 Å². The topological polar surface area (TPSA) is 52.0 Å². The van der Waals surface area contributed by atoms with Crippen molar-refractivity contribution in [1.82, 2.24) is 4.59 Å². The zero-order chi connectivity index (χ0) is 12.6. The standard InChI is InChI=1S/C15H16N3/c16-14-7-6-13-8-9-18(17,15(13)10-14)11-12-4-2-1-3-5-12/h1-10H,11,16-17H2/q+1. The lowest BCUT2D eigenvalue weighted by molar-refractivity contribution is 0.385. The quantitative estimate of drug-likeness (QED) is 0.480. The molecular formula is C15H16N3+. The average Bonchev–Trinajstić information content (AvgIpc) is 2.68. The lowest BCUT2D eigenvalue weighted by Crippen LogP contribution is -2.48. The van der Waals surface area contributed by atoms with Gasteiger partial charge in [0.05, 0.1) is 0 Å². The van der Waals surface area contributed by atoms with Crippen LogP contribution in [0.2, 0.25) is 0 Å². The van der Waals surface area contributed by atoms with Crippen LogP contribution in [-0.2, 0) is 6.54 Å². The van der Waals surface area contributed by atoms with E-state index in [-0.39, 0.29) is 4.59 Å². The van der Waals surface area contributed by atoms with Crippen LogP contribution >= 0.6 is 0 Å². The first-order chi connectivity index (χ1) is 8.67. The van der Waals surface area contributed by atoms with Crippen molar-refractivity contribution in [1.29, 1.82) is 0 Å². The Morgan fingerprint density at radius 3 is 2.56 bits per heavy atom. The summed E-state index contributed by atoms with van der Waals surface area (Å²) in [6.07, 6.45) is 4.06. The molecule has 1 aliphatic rings. The Balaban J connectivity index is 1.99. The number of quaternary nitrogens is 1. The van der Waals surface area contributed by atoms with Crippen LogP contribution in [0.15, 0.2) is 54.7 Å². The molecule has 3 nitrogen and oxygen atoms in total. The number of rotatable bonds is 2. The Bertz CT molecular complexity index is 604. The Morgan fingerprint density at radius 2 is 1.78 bits per heavy atom. The Morgan fingerprint density at radius 1 is 1.00 bits per heavy atom. The minimum absolute atomic E-state index is 0.282. The fourth-order valence-corrected chi connectivity index (χ4v) is 2.38. The van der Waals surface area contributed by atoms with E-state index in [0.717, 1.165) is 23.5 Å². The predicted molar refractivity (Wildman–Crippen MR) is 76.0 cm³/mol. The molecule has 0 aliphatic carbocycles. The fourth-order valence-electron chi connectivity index (χ4n) is 2.38. The van der Waals surface area contributed by atoms with Gasteiger partial charge < -0.3 is 5.73 Å². The van der Waals surface area contributed by atoms with E-state index in [1.54, 1.807) is 0 Å². The maximum absolute atomic E-state index is 6.47. The van der Waals surface area contributed by atoms with Crippen LogP contribution in [0, 0.1) is 0 Å². The maximum atomic E-state index is 6.47. The van der Waals surface area contributed by atoms with Crippen molar-refractivity contribution >= 4 is 17.5 Å². The molecule has 1 heterocycles. The molecule has 1 unspecified atom stereocenters. The summed E-state index contributed by atoms with van der Waals surface area (Å²) in [5, 5.41) is 0. The van der Waals surface area contributed by atoms with Crippen LogP contribution in [0.4, 0.5) is 11.4 Å². The van der Waals surface area contributed by atoms with E-state index < -0.39 is 0 Å². The zero-order valence-electron chi connectivity index (χ0n) is 10.1. The van der Waals surface area contributed by atoms with Crippen LogP contribution in [0.3, 0.4) is 0 Å². The second-order valence-electron chi connectivity index (χ2n) is 4.71. The van der Waals surface area contributed by atoms with E-state index in [4.69, 9.17) is 11.6 Å². The van der Waals surface area contributed by atoms with Gasteiger partial charge in [0.1, 0.15) is 12.7 Å². The monoisotopic (exact) mass is 238 g/mol. The largest absolute Gasteiger partial charge is 0.399 e. The van der Waals surface area contributed by atoms with Gasteiger partial charge in [-0.1, -0.05) is 30.3 Å². The number of nitrogen functional groups attached to an aromatic ring is 1. The average molecular weight is 238 g/mol. The number of benzene rings is 2. The van der Waals surface area contributed by atoms with Gasteiger partial charge in [0.2, 0.25) is 0 Å². The minimum Gasteiger partial charge on any atom is -0.399 e. The van der Waals surface area contributed by atoms with Gasteiger partial charge in [-0.05, 0) is 12.1 Å². The molecular weight excluding hydrogens is 222 g/mol. The van der Waals surface area contributed by atoms with Crippen molar-refractivity contribution in [2.45, 2.75) is 6.54 Å². The lowest BCUT2D eigenvalue weighted by Gasteiger charge is -2.26. The van der Waals surface area contributed by atoms with E-state index in [2.05, 4.69) is 18.2 Å². The van der Waals surface area contributed by atoms with E-state index in [1.807, 2.05) is 42.6 Å². The highest BCUT2D eigenvalue weighted by atomic mass is 15.6. The molecule has 0 radical (unpaired) electrons. The molecule has 2 aromatic carbocycles. The summed E-state index contributed by atoms with van der Waals surface area (Å²) in [6, 6.07) is 16.1. The van der Waals surface area contributed by atoms with Gasteiger partial charge in [-0.3, -0.25) is 0 Å². The molecule has 90 valence electrons. The Labute approximate surface area is 107 Å². The first kappa shape index (κ1) is 11.0. The van der Waals surface area contributed by atoms with Gasteiger partial charge in [-0.15, -0.1) is 0 Å². The van der Waals surface area contributed by atoms with Crippen LogP contribution < -0.4 is 16.2 Å². The third kappa shape index (κ3) is 1.79. The van der Waals surface area contributed by atoms with Crippen LogP contribution in [-0.4, -0.2) is 0 Å². The first-order valence-electron chi connectivity index (χ1n) is 5.97. The normalized spacial score (nSPS) is 20.9. The molecule has 0 amide bonds. The molecule has 0 bridgehead atoms. The van der Waals surface area contributed by atoms with E-state index >= 15 is 0 Å². The van der Waals surface area contributed by atoms with Crippen molar-refractivity contribution in [3.05, 3.63) is 65.9 Å². The number of nitrogens with zero attached hydrogens (tertiary/aromatic N) is 1. The van der Waals surface area contributed by atoms with E-state index in [9.17, 15) is 0 Å². The first-order valence-corrected chi connectivity index (χ1v) is 5.97. The molecule has 1 aliphatic heterocycles. The summed E-state index contributed by atoms with van der Waals surface area (Å²) in [5.74, 6) is 6.47. The van der Waals surface area contributed by atoms with Gasteiger partial charge in [0, 0.05) is 29.0 Å². The number of nitrogens with two attached hydrogens (primary N) is 2. The van der Waals surface area contributed by atoms with Crippen LogP contribution in [0.5, 0.6) is 0 Å². The third-order valence-electron chi connectivity index (χ3n) is 3.31. The van der Waals surface area contributed by atoms with E-state index in [0.29, 0.717) is 0 Å². The molecule has 0 saturated carbocycles. The minimum atomic E-state index is 0.282. The highest BCUT2D eigenvalue weighted by molar-refractivity contribution is 5.75. The SMILES string of the molecule is Nc1ccc2c(c1)[N+](N)(Cc1ccccc1)C=C2. The predicted octanol–water partition coefficient (Wildman–Crippen LogP) is 2.63. The van der Waals surface area contributed by atoms with Gasteiger partial charge in [-0.2, -0.15) is 10.4 Å². The second kappa shape index (κ2) is 3.98. The zero-order valence-corrected chi connectivity index (χ0v) is 10.1. The molecule has 18 heavy (non-hydrogen) atoms. The summed E-state index contributed by atoms with van der Waals surface area (Å²) in [6.45, 7) is 0.730. The van der Waals surface area contributed by atoms with Gasteiger partial charge in [-0.25, -0.2) is 0 Å². The smallest absolute Gasteiger partial charge is 0.166 e. The molecule has 4 N–H and O–H groups in total. The van der Waals surface area contributed by atoms with Crippen molar-refractivity contribution in [2.75, 3.05) is 5.73 Å². The maximum Gasteiger partial charge on any atom is 0.166 e. The summed E-state index contributed by atoms with van der Waals surface area (Å²) < 4.78 is 0.282. The fraction of sp³-hybridized carbons (Fsp3) is 0.0667. The van der Waals surface area contributed by atoms with Gasteiger partial charge in [0.15, 0.2) is 5.69 Å². The van der Waals surface area contributed by atoms with Crippen molar-refractivity contribution in [3.63, 3.8) is 0 Å². The number of fused-ring (bicyclic) bond motifs is 1. The highest BCUT2D eigenvalue weighted by Crippen LogP contribution is 2.35. The molecule has 1 atom stereocenters. The third-order valence-corrected chi connectivity index (χ3v) is 3.31. The van der Waals surface area contributed by atoms with Crippen molar-refractivity contribution < 1.29 is 0 Å². The van der Waals surface area contributed by atoms with Crippen LogP contribution in [0.25, 0.3) is 6.08 Å². The van der Waals surface area contributed by atoms with Gasteiger partial charge >= 0.3 is 0 Å². The molecule has 0 fully saturated rings. The van der Waals surface area contributed by atoms with Crippen molar-refractivity contribution in [3.8, 4) is 0 Å². The summed E-state index contributed by atoms with van der Waals surface area (Å²) >= 11 is 0. The summed E-state index contributed by atoms with van der Waals surface area (Å²) in [4.78, 5) is 0. The number of hydrogen-bond donors (Lipinski definition) is 2. The Kier molecular flexibility index (Phi) is 2.44. The van der Waals surface area contributed by atoms with Gasteiger partial charge in [0.25, 0.3) is 0 Å². The molecule has 3 rings (SSSR count). The summed E-state index contributed by atoms with van der Waals surface area (Å²) in [7, 11) is 0. The lowest BCUT2D eigenvalue weighted by atomic mass is 10.1. The molecule has 2 aromatic rings. The highest BCUT2D eigenvalue weighted by Gasteiger charge is 2.31. The molecule has 0 aromatic heterocycles. The molecule has 0 spiro atoms. The summed E-state index contributed by atoms with van der Waals surface area (Å²) in [5.41, 5.74) is 10.0. The Hall–Kier alpha value is -2.10.